The van der Waals surface area contributed by atoms with Crippen molar-refractivity contribution in [3.05, 3.63) is 29.6 Å². The van der Waals surface area contributed by atoms with Crippen molar-refractivity contribution in [1.29, 1.82) is 0 Å². The molecule has 3 fully saturated rings. The first-order valence-electron chi connectivity index (χ1n) is 10.2. The van der Waals surface area contributed by atoms with Gasteiger partial charge in [0.1, 0.15) is 0 Å². The molecule has 4 rings (SSSR count). The van der Waals surface area contributed by atoms with Gasteiger partial charge in [0.25, 0.3) is 5.91 Å². The lowest BCUT2D eigenvalue weighted by molar-refractivity contribution is -0.151. The maximum atomic E-state index is 14.1. The molecule has 156 valence electrons. The SMILES string of the molecule is COc1ccc(C(=O)N2CCC3NC(=O)CCC3(C(=O)N3CCCC3)C2)cc1F. The number of carbonyl (C=O) groups excluding carboxylic acids is 3. The quantitative estimate of drug-likeness (QED) is 0.831. The number of likely N-dealkylation sites (tertiary alicyclic amines) is 2. The third-order valence-corrected chi connectivity index (χ3v) is 6.47. The number of amides is 3. The van der Waals surface area contributed by atoms with Crippen LogP contribution in [0.5, 0.6) is 5.75 Å². The van der Waals surface area contributed by atoms with Crippen LogP contribution in [-0.4, -0.2) is 66.9 Å². The highest BCUT2D eigenvalue weighted by Crippen LogP contribution is 2.40. The number of hydrogen-bond donors (Lipinski definition) is 1. The van der Waals surface area contributed by atoms with Crippen molar-refractivity contribution >= 4 is 17.7 Å². The monoisotopic (exact) mass is 403 g/mol. The standard InChI is InChI=1S/C21H26FN3O4/c1-29-16-5-4-14(12-15(16)22)19(27)25-11-7-17-21(13-25,8-6-18(26)23-17)20(28)24-9-2-3-10-24/h4-5,12,17H,2-3,6-11,13H2,1H3,(H,23,26). The fourth-order valence-corrected chi connectivity index (χ4v) is 4.87. The largest absolute Gasteiger partial charge is 0.494 e. The summed E-state index contributed by atoms with van der Waals surface area (Å²) in [6.07, 6.45) is 3.17. The van der Waals surface area contributed by atoms with E-state index in [4.69, 9.17) is 4.74 Å². The van der Waals surface area contributed by atoms with E-state index < -0.39 is 11.2 Å². The molecule has 2 atom stereocenters. The summed E-state index contributed by atoms with van der Waals surface area (Å²) in [6, 6.07) is 3.87. The number of fused-ring (bicyclic) bond motifs is 1. The lowest BCUT2D eigenvalue weighted by Gasteiger charge is -2.50. The highest BCUT2D eigenvalue weighted by Gasteiger charge is 2.54. The molecular weight excluding hydrogens is 377 g/mol. The molecule has 0 spiro atoms. The molecule has 8 heteroatoms. The van der Waals surface area contributed by atoms with E-state index in [1.807, 2.05) is 4.90 Å². The second kappa shape index (κ2) is 7.65. The number of hydrogen-bond acceptors (Lipinski definition) is 4. The van der Waals surface area contributed by atoms with Gasteiger partial charge in [-0.3, -0.25) is 14.4 Å². The lowest BCUT2D eigenvalue weighted by Crippen LogP contribution is -2.67. The van der Waals surface area contributed by atoms with Gasteiger partial charge in [-0.2, -0.15) is 0 Å². The molecule has 0 radical (unpaired) electrons. The third-order valence-electron chi connectivity index (χ3n) is 6.47. The highest BCUT2D eigenvalue weighted by molar-refractivity contribution is 5.96. The summed E-state index contributed by atoms with van der Waals surface area (Å²) >= 11 is 0. The Morgan fingerprint density at radius 3 is 2.66 bits per heavy atom. The Balaban J connectivity index is 1.60. The van der Waals surface area contributed by atoms with Crippen LogP contribution in [0.2, 0.25) is 0 Å². The third kappa shape index (κ3) is 3.45. The summed E-state index contributed by atoms with van der Waals surface area (Å²) in [4.78, 5) is 42.0. The molecule has 0 aliphatic carbocycles. The van der Waals surface area contributed by atoms with Crippen molar-refractivity contribution < 1.29 is 23.5 Å². The van der Waals surface area contributed by atoms with Gasteiger partial charge >= 0.3 is 0 Å². The van der Waals surface area contributed by atoms with Gasteiger partial charge < -0.3 is 19.9 Å². The van der Waals surface area contributed by atoms with Crippen molar-refractivity contribution in [1.82, 2.24) is 15.1 Å². The van der Waals surface area contributed by atoms with Gasteiger partial charge in [0, 0.05) is 44.2 Å². The maximum Gasteiger partial charge on any atom is 0.253 e. The van der Waals surface area contributed by atoms with E-state index in [0.29, 0.717) is 19.4 Å². The smallest absolute Gasteiger partial charge is 0.253 e. The average Bonchev–Trinajstić information content (AvgIpc) is 3.27. The van der Waals surface area contributed by atoms with Gasteiger partial charge in [0.2, 0.25) is 11.8 Å². The Hall–Kier alpha value is -2.64. The molecule has 1 aromatic carbocycles. The van der Waals surface area contributed by atoms with Crippen molar-refractivity contribution in [2.45, 2.75) is 38.1 Å². The molecule has 3 heterocycles. The predicted molar refractivity (Wildman–Crippen MR) is 103 cm³/mol. The number of piperidine rings is 2. The Morgan fingerprint density at radius 2 is 1.97 bits per heavy atom. The van der Waals surface area contributed by atoms with Crippen molar-refractivity contribution in [2.24, 2.45) is 5.41 Å². The molecule has 29 heavy (non-hydrogen) atoms. The van der Waals surface area contributed by atoms with E-state index in [9.17, 15) is 18.8 Å². The molecular formula is C21H26FN3O4. The summed E-state index contributed by atoms with van der Waals surface area (Å²) in [6.45, 7) is 2.09. The van der Waals surface area contributed by atoms with Gasteiger partial charge in [0.05, 0.1) is 12.5 Å². The fraction of sp³-hybridized carbons (Fsp3) is 0.571. The van der Waals surface area contributed by atoms with Gasteiger partial charge in [-0.15, -0.1) is 0 Å². The molecule has 0 bridgehead atoms. The summed E-state index contributed by atoms with van der Waals surface area (Å²) in [5.74, 6) is -0.845. The molecule has 3 aliphatic heterocycles. The Bertz CT molecular complexity index is 839. The minimum atomic E-state index is -0.808. The van der Waals surface area contributed by atoms with Crippen molar-refractivity contribution in [2.75, 3.05) is 33.3 Å². The molecule has 0 aromatic heterocycles. The summed E-state index contributed by atoms with van der Waals surface area (Å²) < 4.78 is 19.0. The summed E-state index contributed by atoms with van der Waals surface area (Å²) in [7, 11) is 1.37. The minimum absolute atomic E-state index is 0.0263. The first kappa shape index (κ1) is 19.7. The molecule has 0 saturated carbocycles. The molecule has 7 nitrogen and oxygen atoms in total. The van der Waals surface area contributed by atoms with Crippen LogP contribution in [0, 0.1) is 11.2 Å². The number of halogens is 1. The van der Waals surface area contributed by atoms with Crippen molar-refractivity contribution in [3.8, 4) is 5.75 Å². The minimum Gasteiger partial charge on any atom is -0.494 e. The zero-order valence-corrected chi connectivity index (χ0v) is 16.6. The topological polar surface area (TPSA) is 79.0 Å². The normalized spacial score (nSPS) is 26.7. The Morgan fingerprint density at radius 1 is 1.21 bits per heavy atom. The molecule has 3 aliphatic rings. The highest BCUT2D eigenvalue weighted by atomic mass is 19.1. The number of rotatable bonds is 3. The number of nitrogens with zero attached hydrogens (tertiary/aromatic N) is 2. The molecule has 1 N–H and O–H groups in total. The zero-order chi connectivity index (χ0) is 20.6. The van der Waals surface area contributed by atoms with Crippen LogP contribution < -0.4 is 10.1 Å². The average molecular weight is 403 g/mol. The number of methoxy groups -OCH3 is 1. The van der Waals surface area contributed by atoms with Gasteiger partial charge in [-0.05, 0) is 43.9 Å². The van der Waals surface area contributed by atoms with Crippen LogP contribution >= 0.6 is 0 Å². The second-order valence-corrected chi connectivity index (χ2v) is 8.14. The predicted octanol–water partition coefficient (Wildman–Crippen LogP) is 1.57. The molecule has 3 amide bonds. The lowest BCUT2D eigenvalue weighted by atomic mass is 9.69. The van der Waals surface area contributed by atoms with Crippen LogP contribution in [0.15, 0.2) is 18.2 Å². The zero-order valence-electron chi connectivity index (χ0n) is 16.6. The Labute approximate surface area is 169 Å². The van der Waals surface area contributed by atoms with Crippen LogP contribution in [0.3, 0.4) is 0 Å². The second-order valence-electron chi connectivity index (χ2n) is 8.14. The van der Waals surface area contributed by atoms with Crippen LogP contribution in [0.1, 0.15) is 42.5 Å². The first-order valence-corrected chi connectivity index (χ1v) is 10.2. The Kier molecular flexibility index (Phi) is 5.19. The van der Waals surface area contributed by atoms with E-state index in [0.717, 1.165) is 25.9 Å². The van der Waals surface area contributed by atoms with E-state index in [2.05, 4.69) is 5.32 Å². The van der Waals surface area contributed by atoms with Gasteiger partial charge in [0.15, 0.2) is 11.6 Å². The van der Waals surface area contributed by atoms with E-state index in [-0.39, 0.29) is 48.0 Å². The number of benzene rings is 1. The fourth-order valence-electron chi connectivity index (χ4n) is 4.87. The van der Waals surface area contributed by atoms with E-state index in [1.165, 1.54) is 25.3 Å². The van der Waals surface area contributed by atoms with Crippen LogP contribution in [-0.2, 0) is 9.59 Å². The molecule has 1 aromatic rings. The van der Waals surface area contributed by atoms with E-state index >= 15 is 0 Å². The molecule has 2 unspecified atom stereocenters. The number of ether oxygens (including phenoxy) is 1. The number of nitrogens with one attached hydrogen (secondary N) is 1. The maximum absolute atomic E-state index is 14.1. The molecule has 3 saturated heterocycles. The first-order chi connectivity index (χ1) is 13.9. The summed E-state index contributed by atoms with van der Waals surface area (Å²) in [5, 5.41) is 2.99. The van der Waals surface area contributed by atoms with Crippen LogP contribution in [0.25, 0.3) is 0 Å². The van der Waals surface area contributed by atoms with Crippen molar-refractivity contribution in [3.63, 3.8) is 0 Å². The van der Waals surface area contributed by atoms with Gasteiger partial charge in [-0.1, -0.05) is 0 Å². The van der Waals surface area contributed by atoms with E-state index in [1.54, 1.807) is 4.90 Å². The summed E-state index contributed by atoms with van der Waals surface area (Å²) in [5.41, 5.74) is -0.581. The number of carbonyl (C=O) groups is 3. The van der Waals surface area contributed by atoms with Gasteiger partial charge in [-0.25, -0.2) is 4.39 Å². The van der Waals surface area contributed by atoms with Crippen LogP contribution in [0.4, 0.5) is 4.39 Å².